The number of hydrogen-bond acceptors (Lipinski definition) is 4. The molecule has 122 valence electrons. The van der Waals surface area contributed by atoms with Gasteiger partial charge in [0.15, 0.2) is 0 Å². The first kappa shape index (κ1) is 18.4. The predicted octanol–water partition coefficient (Wildman–Crippen LogP) is 4.39. The maximum atomic E-state index is 11.7. The van der Waals surface area contributed by atoms with Gasteiger partial charge in [-0.3, -0.25) is 0 Å². The SMILES string of the molecule is C=C(Nc1ccc(CC(C)NC(=O)OC(C)(C)C)cc1)SC. The van der Waals surface area contributed by atoms with Gasteiger partial charge in [-0.05, 0) is 58.1 Å². The maximum Gasteiger partial charge on any atom is 0.407 e. The summed E-state index contributed by atoms with van der Waals surface area (Å²) >= 11 is 1.58. The largest absolute Gasteiger partial charge is 0.444 e. The quantitative estimate of drug-likeness (QED) is 0.815. The Morgan fingerprint density at radius 2 is 1.91 bits per heavy atom. The average molecular weight is 322 g/mol. The Kier molecular flexibility index (Phi) is 6.81. The van der Waals surface area contributed by atoms with Gasteiger partial charge in [0.05, 0.1) is 5.03 Å². The van der Waals surface area contributed by atoms with Gasteiger partial charge in [0, 0.05) is 11.7 Å². The lowest BCUT2D eigenvalue weighted by atomic mass is 10.1. The minimum atomic E-state index is -0.475. The van der Waals surface area contributed by atoms with E-state index in [-0.39, 0.29) is 12.1 Å². The molecule has 0 spiro atoms. The molecule has 22 heavy (non-hydrogen) atoms. The highest BCUT2D eigenvalue weighted by atomic mass is 32.2. The molecule has 0 bridgehead atoms. The second-order valence-electron chi connectivity index (χ2n) is 6.20. The molecule has 0 saturated carbocycles. The molecule has 1 atom stereocenters. The molecule has 0 aromatic heterocycles. The van der Waals surface area contributed by atoms with Gasteiger partial charge < -0.3 is 15.4 Å². The van der Waals surface area contributed by atoms with Gasteiger partial charge in [0.25, 0.3) is 0 Å². The highest BCUT2D eigenvalue weighted by Crippen LogP contribution is 2.16. The van der Waals surface area contributed by atoms with Crippen molar-refractivity contribution in [2.24, 2.45) is 0 Å². The fourth-order valence-corrected chi connectivity index (χ4v) is 2.07. The number of benzene rings is 1. The van der Waals surface area contributed by atoms with Crippen LogP contribution in [0, 0.1) is 0 Å². The normalized spacial score (nSPS) is 12.4. The molecule has 0 radical (unpaired) electrons. The van der Waals surface area contributed by atoms with Crippen molar-refractivity contribution in [1.82, 2.24) is 5.32 Å². The van der Waals surface area contributed by atoms with Crippen molar-refractivity contribution >= 4 is 23.5 Å². The summed E-state index contributed by atoms with van der Waals surface area (Å²) in [5, 5.41) is 6.97. The molecule has 1 unspecified atom stereocenters. The van der Waals surface area contributed by atoms with Gasteiger partial charge in [0.2, 0.25) is 0 Å². The Hall–Kier alpha value is -1.62. The van der Waals surface area contributed by atoms with Crippen LogP contribution in [0.5, 0.6) is 0 Å². The lowest BCUT2D eigenvalue weighted by molar-refractivity contribution is 0.0508. The van der Waals surface area contributed by atoms with Crippen molar-refractivity contribution in [1.29, 1.82) is 0 Å². The number of thioether (sulfide) groups is 1. The first-order valence-electron chi connectivity index (χ1n) is 7.28. The van der Waals surface area contributed by atoms with Gasteiger partial charge in [-0.1, -0.05) is 18.7 Å². The first-order chi connectivity index (χ1) is 10.2. The van der Waals surface area contributed by atoms with Crippen LogP contribution >= 0.6 is 11.8 Å². The van der Waals surface area contributed by atoms with Gasteiger partial charge in [0.1, 0.15) is 5.60 Å². The molecular formula is C17H26N2O2S. The standard InChI is InChI=1S/C17H26N2O2S/c1-12(18-16(20)21-17(3,4)5)11-14-7-9-15(10-8-14)19-13(2)22-6/h7-10,12,19H,2,11H2,1,3-6H3,(H,18,20). The molecule has 1 amide bonds. The number of carbonyl (C=O) groups is 1. The molecule has 0 aliphatic carbocycles. The van der Waals surface area contributed by atoms with E-state index >= 15 is 0 Å². The molecule has 0 heterocycles. The number of amides is 1. The highest BCUT2D eigenvalue weighted by molar-refractivity contribution is 8.02. The van der Waals surface area contributed by atoms with E-state index in [0.717, 1.165) is 22.7 Å². The third-order valence-corrected chi connectivity index (χ3v) is 3.38. The van der Waals surface area contributed by atoms with Gasteiger partial charge >= 0.3 is 6.09 Å². The van der Waals surface area contributed by atoms with Crippen molar-refractivity contribution in [3.05, 3.63) is 41.4 Å². The molecule has 1 aromatic rings. The molecule has 1 aromatic carbocycles. The summed E-state index contributed by atoms with van der Waals surface area (Å²) in [6, 6.07) is 8.12. The van der Waals surface area contributed by atoms with Crippen molar-refractivity contribution < 1.29 is 9.53 Å². The van der Waals surface area contributed by atoms with Crippen LogP contribution in [0.1, 0.15) is 33.3 Å². The number of ether oxygens (including phenoxy) is 1. The third-order valence-electron chi connectivity index (χ3n) is 2.79. The topological polar surface area (TPSA) is 50.4 Å². The number of hydrogen-bond donors (Lipinski definition) is 2. The minimum Gasteiger partial charge on any atom is -0.444 e. The van der Waals surface area contributed by atoms with Gasteiger partial charge in [-0.15, -0.1) is 11.8 Å². The van der Waals surface area contributed by atoms with Crippen LogP contribution in [0.2, 0.25) is 0 Å². The first-order valence-corrected chi connectivity index (χ1v) is 8.50. The van der Waals surface area contributed by atoms with E-state index in [1.165, 1.54) is 0 Å². The zero-order chi connectivity index (χ0) is 16.8. The summed E-state index contributed by atoms with van der Waals surface area (Å²) < 4.78 is 5.25. The van der Waals surface area contributed by atoms with Crippen molar-refractivity contribution in [2.75, 3.05) is 11.6 Å². The van der Waals surface area contributed by atoms with Crippen molar-refractivity contribution in [3.63, 3.8) is 0 Å². The highest BCUT2D eigenvalue weighted by Gasteiger charge is 2.17. The Bertz CT molecular complexity index is 506. The zero-order valence-corrected chi connectivity index (χ0v) is 14.8. The summed E-state index contributed by atoms with van der Waals surface area (Å²) in [7, 11) is 0. The molecule has 0 fully saturated rings. The van der Waals surface area contributed by atoms with Crippen molar-refractivity contribution in [3.8, 4) is 0 Å². The van der Waals surface area contributed by atoms with E-state index in [1.807, 2.05) is 58.2 Å². The van der Waals surface area contributed by atoms with Crippen LogP contribution in [0.25, 0.3) is 0 Å². The van der Waals surface area contributed by atoms with Crippen LogP contribution < -0.4 is 10.6 Å². The third kappa shape index (κ3) is 7.41. The minimum absolute atomic E-state index is 0.00909. The zero-order valence-electron chi connectivity index (χ0n) is 14.0. The summed E-state index contributed by atoms with van der Waals surface area (Å²) in [5.74, 6) is 0. The fourth-order valence-electron chi connectivity index (χ4n) is 1.85. The lowest BCUT2D eigenvalue weighted by Crippen LogP contribution is -2.38. The molecule has 0 aliphatic heterocycles. The average Bonchev–Trinajstić information content (AvgIpc) is 2.38. The van der Waals surface area contributed by atoms with Crippen LogP contribution in [0.4, 0.5) is 10.5 Å². The molecule has 5 heteroatoms. The maximum absolute atomic E-state index is 11.7. The van der Waals surface area contributed by atoms with E-state index < -0.39 is 5.60 Å². The van der Waals surface area contributed by atoms with Crippen LogP contribution in [0.15, 0.2) is 35.9 Å². The summed E-state index contributed by atoms with van der Waals surface area (Å²) in [6.45, 7) is 11.4. The second kappa shape index (κ2) is 8.13. The molecular weight excluding hydrogens is 296 g/mol. The van der Waals surface area contributed by atoms with E-state index in [9.17, 15) is 4.79 Å². The number of anilines is 1. The van der Waals surface area contributed by atoms with Gasteiger partial charge in [-0.2, -0.15) is 0 Å². The molecule has 4 nitrogen and oxygen atoms in total. The Balaban J connectivity index is 2.49. The molecule has 2 N–H and O–H groups in total. The van der Waals surface area contributed by atoms with Crippen LogP contribution in [-0.2, 0) is 11.2 Å². The summed E-state index contributed by atoms with van der Waals surface area (Å²) in [6.07, 6.45) is 2.35. The number of rotatable bonds is 6. The van der Waals surface area contributed by atoms with E-state index in [0.29, 0.717) is 0 Å². The smallest absolute Gasteiger partial charge is 0.407 e. The molecule has 0 saturated heterocycles. The fraction of sp³-hybridized carbons (Fsp3) is 0.471. The number of alkyl carbamates (subject to hydrolysis) is 1. The van der Waals surface area contributed by atoms with E-state index in [2.05, 4.69) is 17.2 Å². The Morgan fingerprint density at radius 1 is 1.32 bits per heavy atom. The predicted molar refractivity (Wildman–Crippen MR) is 95.3 cm³/mol. The molecule has 0 aliphatic rings. The van der Waals surface area contributed by atoms with E-state index in [4.69, 9.17) is 4.74 Å². The van der Waals surface area contributed by atoms with E-state index in [1.54, 1.807) is 11.8 Å². The second-order valence-corrected chi connectivity index (χ2v) is 7.10. The Morgan fingerprint density at radius 3 is 2.41 bits per heavy atom. The number of carbonyl (C=O) groups excluding carboxylic acids is 1. The Labute approximate surface area is 137 Å². The van der Waals surface area contributed by atoms with Crippen molar-refractivity contribution in [2.45, 2.75) is 45.8 Å². The van der Waals surface area contributed by atoms with Gasteiger partial charge in [-0.25, -0.2) is 4.79 Å². The van der Waals surface area contributed by atoms with Crippen LogP contribution in [0.3, 0.4) is 0 Å². The lowest BCUT2D eigenvalue weighted by Gasteiger charge is -2.22. The van der Waals surface area contributed by atoms with Crippen LogP contribution in [-0.4, -0.2) is 24.0 Å². The monoisotopic (exact) mass is 322 g/mol. The summed E-state index contributed by atoms with van der Waals surface area (Å²) in [5.41, 5.74) is 1.69. The number of nitrogens with one attached hydrogen (secondary N) is 2. The molecule has 1 rings (SSSR count). The summed E-state index contributed by atoms with van der Waals surface area (Å²) in [4.78, 5) is 11.7.